The van der Waals surface area contributed by atoms with Gasteiger partial charge in [0.05, 0.1) is 6.10 Å². The van der Waals surface area contributed by atoms with Crippen LogP contribution in [-0.2, 0) is 6.42 Å². The molecule has 0 fully saturated rings. The first-order valence-corrected chi connectivity index (χ1v) is 6.03. The summed E-state index contributed by atoms with van der Waals surface area (Å²) in [6.45, 7) is 0. The van der Waals surface area contributed by atoms with E-state index in [0.29, 0.717) is 0 Å². The zero-order valence-corrected chi connectivity index (χ0v) is 9.58. The zero-order valence-electron chi connectivity index (χ0n) is 9.58. The van der Waals surface area contributed by atoms with Gasteiger partial charge in [0.25, 0.3) is 0 Å². The molecule has 1 aliphatic carbocycles. The summed E-state index contributed by atoms with van der Waals surface area (Å²) in [5.74, 6) is 0.0775. The topological polar surface area (TPSA) is 33.1 Å². The van der Waals surface area contributed by atoms with Crippen LogP contribution in [0.4, 0.5) is 0 Å². The molecule has 0 bridgehead atoms. The van der Waals surface area contributed by atoms with Crippen LogP contribution in [0.1, 0.15) is 29.2 Å². The lowest BCUT2D eigenvalue weighted by Crippen LogP contribution is -2.26. The summed E-state index contributed by atoms with van der Waals surface area (Å²) in [4.78, 5) is 4.42. The summed E-state index contributed by atoms with van der Waals surface area (Å²) in [6, 6.07) is 14.2. The van der Waals surface area contributed by atoms with Gasteiger partial charge >= 0.3 is 0 Å². The molecule has 0 saturated carbocycles. The van der Waals surface area contributed by atoms with Gasteiger partial charge in [0.15, 0.2) is 0 Å². The maximum absolute atomic E-state index is 10.2. The summed E-state index contributed by atoms with van der Waals surface area (Å²) < 4.78 is 0. The van der Waals surface area contributed by atoms with Gasteiger partial charge in [-0.1, -0.05) is 36.4 Å². The van der Waals surface area contributed by atoms with Crippen LogP contribution in [0.5, 0.6) is 0 Å². The standard InChI is InChI=1S/C15H15NO/c17-14-9-8-13-12(7-4-10-16-13)15(14)11-5-2-1-3-6-11/h1-7,10,14-15,17H,8-9H2/t14-,15-/m0/s1. The number of pyridine rings is 1. The number of aryl methyl sites for hydroxylation is 1. The molecule has 0 saturated heterocycles. The Morgan fingerprint density at radius 2 is 1.88 bits per heavy atom. The molecular weight excluding hydrogens is 210 g/mol. The highest BCUT2D eigenvalue weighted by atomic mass is 16.3. The third kappa shape index (κ3) is 1.85. The minimum atomic E-state index is -0.297. The molecule has 0 radical (unpaired) electrons. The molecule has 86 valence electrons. The quantitative estimate of drug-likeness (QED) is 0.809. The normalized spacial score (nSPS) is 23.1. The fourth-order valence-corrected chi connectivity index (χ4v) is 2.66. The third-order valence-corrected chi connectivity index (χ3v) is 3.48. The van der Waals surface area contributed by atoms with E-state index in [1.165, 1.54) is 11.1 Å². The van der Waals surface area contributed by atoms with E-state index in [9.17, 15) is 5.11 Å². The molecule has 17 heavy (non-hydrogen) atoms. The second kappa shape index (κ2) is 4.30. The lowest BCUT2D eigenvalue weighted by atomic mass is 9.79. The predicted octanol–water partition coefficient (Wildman–Crippen LogP) is 2.52. The first-order chi connectivity index (χ1) is 8.36. The molecule has 0 unspecified atom stereocenters. The Morgan fingerprint density at radius 3 is 2.71 bits per heavy atom. The first-order valence-electron chi connectivity index (χ1n) is 6.03. The van der Waals surface area contributed by atoms with Gasteiger partial charge in [0.2, 0.25) is 0 Å². The number of aliphatic hydroxyl groups excluding tert-OH is 1. The number of aliphatic hydroxyl groups is 1. The van der Waals surface area contributed by atoms with E-state index >= 15 is 0 Å². The van der Waals surface area contributed by atoms with E-state index < -0.39 is 0 Å². The van der Waals surface area contributed by atoms with Crippen LogP contribution in [0, 0.1) is 0 Å². The van der Waals surface area contributed by atoms with E-state index in [0.717, 1.165) is 18.5 Å². The molecule has 2 aromatic rings. The molecule has 2 heteroatoms. The van der Waals surface area contributed by atoms with Crippen molar-refractivity contribution in [3.05, 3.63) is 65.5 Å². The summed E-state index contributed by atoms with van der Waals surface area (Å²) in [7, 11) is 0. The SMILES string of the molecule is O[C@H]1CCc2ncccc2[C@@H]1c1ccccc1. The predicted molar refractivity (Wildman–Crippen MR) is 66.8 cm³/mol. The van der Waals surface area contributed by atoms with Crippen molar-refractivity contribution in [1.82, 2.24) is 4.98 Å². The van der Waals surface area contributed by atoms with E-state index in [4.69, 9.17) is 0 Å². The molecule has 1 aromatic heterocycles. The molecule has 1 N–H and O–H groups in total. The van der Waals surface area contributed by atoms with Crippen molar-refractivity contribution in [3.63, 3.8) is 0 Å². The molecule has 0 aliphatic heterocycles. The third-order valence-electron chi connectivity index (χ3n) is 3.48. The van der Waals surface area contributed by atoms with E-state index in [2.05, 4.69) is 23.2 Å². The van der Waals surface area contributed by atoms with Crippen molar-refractivity contribution in [1.29, 1.82) is 0 Å². The van der Waals surface area contributed by atoms with Crippen LogP contribution in [-0.4, -0.2) is 16.2 Å². The number of hydrogen-bond acceptors (Lipinski definition) is 2. The fraction of sp³-hybridized carbons (Fsp3) is 0.267. The molecule has 2 nitrogen and oxygen atoms in total. The number of nitrogens with zero attached hydrogens (tertiary/aromatic N) is 1. The maximum atomic E-state index is 10.2. The van der Waals surface area contributed by atoms with E-state index in [1.807, 2.05) is 30.5 Å². The minimum absolute atomic E-state index is 0.0775. The highest BCUT2D eigenvalue weighted by molar-refractivity contribution is 5.38. The van der Waals surface area contributed by atoms with Crippen molar-refractivity contribution >= 4 is 0 Å². The summed E-state index contributed by atoms with van der Waals surface area (Å²) >= 11 is 0. The molecular formula is C15H15NO. The lowest BCUT2D eigenvalue weighted by molar-refractivity contribution is 0.139. The number of rotatable bonds is 1. The van der Waals surface area contributed by atoms with Crippen molar-refractivity contribution < 1.29 is 5.11 Å². The Bertz CT molecular complexity index is 509. The Labute approximate surface area is 101 Å². The minimum Gasteiger partial charge on any atom is -0.392 e. The smallest absolute Gasteiger partial charge is 0.0653 e. The Kier molecular flexibility index (Phi) is 2.65. The monoisotopic (exact) mass is 225 g/mol. The molecule has 0 spiro atoms. The zero-order chi connectivity index (χ0) is 11.7. The van der Waals surface area contributed by atoms with Crippen LogP contribution < -0.4 is 0 Å². The van der Waals surface area contributed by atoms with Crippen molar-refractivity contribution in [3.8, 4) is 0 Å². The van der Waals surface area contributed by atoms with Crippen LogP contribution in [0.2, 0.25) is 0 Å². The van der Waals surface area contributed by atoms with Crippen LogP contribution in [0.25, 0.3) is 0 Å². The van der Waals surface area contributed by atoms with Gasteiger partial charge in [-0.2, -0.15) is 0 Å². The van der Waals surface area contributed by atoms with Crippen LogP contribution in [0.15, 0.2) is 48.7 Å². The lowest BCUT2D eigenvalue weighted by Gasteiger charge is -2.29. The van der Waals surface area contributed by atoms with Crippen molar-refractivity contribution in [2.45, 2.75) is 24.9 Å². The maximum Gasteiger partial charge on any atom is 0.0653 e. The van der Waals surface area contributed by atoms with Crippen molar-refractivity contribution in [2.75, 3.05) is 0 Å². The molecule has 1 aliphatic rings. The Hall–Kier alpha value is -1.67. The van der Waals surface area contributed by atoms with E-state index in [-0.39, 0.29) is 12.0 Å². The van der Waals surface area contributed by atoms with E-state index in [1.54, 1.807) is 0 Å². The summed E-state index contributed by atoms with van der Waals surface area (Å²) in [5, 5.41) is 10.2. The van der Waals surface area contributed by atoms with Gasteiger partial charge in [-0.3, -0.25) is 4.98 Å². The highest BCUT2D eigenvalue weighted by Gasteiger charge is 2.29. The fourth-order valence-electron chi connectivity index (χ4n) is 2.66. The molecule has 3 rings (SSSR count). The summed E-state index contributed by atoms with van der Waals surface area (Å²) in [6.07, 6.45) is 3.21. The van der Waals surface area contributed by atoms with Gasteiger partial charge < -0.3 is 5.11 Å². The first kappa shape index (κ1) is 10.5. The molecule has 1 heterocycles. The number of hydrogen-bond donors (Lipinski definition) is 1. The van der Waals surface area contributed by atoms with Gasteiger partial charge in [-0.15, -0.1) is 0 Å². The second-order valence-corrected chi connectivity index (χ2v) is 4.53. The van der Waals surface area contributed by atoms with Crippen LogP contribution in [0.3, 0.4) is 0 Å². The molecule has 2 atom stereocenters. The van der Waals surface area contributed by atoms with Gasteiger partial charge in [-0.05, 0) is 30.0 Å². The number of aromatic nitrogens is 1. The van der Waals surface area contributed by atoms with Gasteiger partial charge in [-0.25, -0.2) is 0 Å². The number of benzene rings is 1. The second-order valence-electron chi connectivity index (χ2n) is 4.53. The largest absolute Gasteiger partial charge is 0.392 e. The molecule has 0 amide bonds. The van der Waals surface area contributed by atoms with Gasteiger partial charge in [0, 0.05) is 17.8 Å². The van der Waals surface area contributed by atoms with Crippen LogP contribution >= 0.6 is 0 Å². The average Bonchev–Trinajstić information content (AvgIpc) is 2.39. The molecule has 1 aromatic carbocycles. The Morgan fingerprint density at radius 1 is 1.06 bits per heavy atom. The average molecular weight is 225 g/mol. The van der Waals surface area contributed by atoms with Gasteiger partial charge in [0.1, 0.15) is 0 Å². The number of fused-ring (bicyclic) bond motifs is 1. The Balaban J connectivity index is 2.10. The highest BCUT2D eigenvalue weighted by Crippen LogP contribution is 2.35. The van der Waals surface area contributed by atoms with Crippen molar-refractivity contribution in [2.24, 2.45) is 0 Å². The summed E-state index contributed by atoms with van der Waals surface area (Å²) in [5.41, 5.74) is 3.48.